The molecule has 3 aromatic heterocycles. The van der Waals surface area contributed by atoms with Crippen molar-refractivity contribution in [2.45, 2.75) is 38.5 Å². The van der Waals surface area contributed by atoms with Crippen molar-refractivity contribution in [1.82, 2.24) is 9.97 Å². The van der Waals surface area contributed by atoms with Crippen molar-refractivity contribution in [2.24, 2.45) is 0 Å². The molecule has 0 unspecified atom stereocenters. The standard InChI is InChI=1S/C22H19FN2O2S/c23-14-9-7-13(8-10-14)16-11-12-17(27-16)20-24-21(26)19-15-5-3-1-2-4-6-18(15)28-22(19)25-20/h7-12H,1-6H2,(H,24,25,26). The molecular weight excluding hydrogens is 375 g/mol. The summed E-state index contributed by atoms with van der Waals surface area (Å²) in [7, 11) is 0. The number of aromatic amines is 1. The molecule has 0 aliphatic heterocycles. The third-order valence-corrected chi connectivity index (χ3v) is 6.48. The molecule has 4 aromatic rings. The van der Waals surface area contributed by atoms with Crippen LogP contribution in [0.5, 0.6) is 0 Å². The molecule has 1 aliphatic carbocycles. The van der Waals surface area contributed by atoms with Crippen molar-refractivity contribution < 1.29 is 8.81 Å². The highest BCUT2D eigenvalue weighted by molar-refractivity contribution is 7.18. The molecule has 0 spiro atoms. The first-order valence-corrected chi connectivity index (χ1v) is 10.4. The zero-order chi connectivity index (χ0) is 19.1. The van der Waals surface area contributed by atoms with Crippen LogP contribution in [0.25, 0.3) is 33.1 Å². The molecule has 1 aromatic carbocycles. The summed E-state index contributed by atoms with van der Waals surface area (Å²) in [5, 5.41) is 0.746. The molecular formula is C22H19FN2O2S. The van der Waals surface area contributed by atoms with Gasteiger partial charge in [-0.1, -0.05) is 12.8 Å². The zero-order valence-electron chi connectivity index (χ0n) is 15.3. The van der Waals surface area contributed by atoms with Crippen molar-refractivity contribution in [3.05, 3.63) is 63.0 Å². The molecule has 28 heavy (non-hydrogen) atoms. The Morgan fingerprint density at radius 2 is 1.71 bits per heavy atom. The van der Waals surface area contributed by atoms with E-state index in [-0.39, 0.29) is 11.4 Å². The molecule has 3 heterocycles. The van der Waals surface area contributed by atoms with Gasteiger partial charge in [0.25, 0.3) is 5.56 Å². The Morgan fingerprint density at radius 1 is 0.964 bits per heavy atom. The summed E-state index contributed by atoms with van der Waals surface area (Å²) in [6.07, 6.45) is 6.75. The maximum absolute atomic E-state index is 13.1. The molecule has 0 bridgehead atoms. The maximum Gasteiger partial charge on any atom is 0.260 e. The Bertz CT molecular complexity index is 1200. The predicted molar refractivity (Wildman–Crippen MR) is 109 cm³/mol. The van der Waals surface area contributed by atoms with Crippen LogP contribution >= 0.6 is 11.3 Å². The lowest BCUT2D eigenvalue weighted by molar-refractivity contribution is 0.591. The van der Waals surface area contributed by atoms with Crippen LogP contribution in [0.15, 0.2) is 45.6 Å². The summed E-state index contributed by atoms with van der Waals surface area (Å²) >= 11 is 1.64. The van der Waals surface area contributed by atoms with Gasteiger partial charge in [0.1, 0.15) is 16.4 Å². The summed E-state index contributed by atoms with van der Waals surface area (Å²) < 4.78 is 19.0. The summed E-state index contributed by atoms with van der Waals surface area (Å²) in [6.45, 7) is 0. The van der Waals surface area contributed by atoms with Crippen molar-refractivity contribution in [2.75, 3.05) is 0 Å². The first-order chi connectivity index (χ1) is 13.7. The lowest BCUT2D eigenvalue weighted by Crippen LogP contribution is -2.10. The summed E-state index contributed by atoms with van der Waals surface area (Å²) in [5.41, 5.74) is 1.86. The average Bonchev–Trinajstić information content (AvgIpc) is 3.28. The molecule has 4 nitrogen and oxygen atoms in total. The van der Waals surface area contributed by atoms with Gasteiger partial charge in [-0.15, -0.1) is 11.3 Å². The molecule has 1 aliphatic rings. The van der Waals surface area contributed by atoms with E-state index in [1.54, 1.807) is 35.6 Å². The number of furan rings is 1. The fourth-order valence-corrected chi connectivity index (χ4v) is 5.13. The third-order valence-electron chi connectivity index (χ3n) is 5.29. The smallest absolute Gasteiger partial charge is 0.260 e. The number of fused-ring (bicyclic) bond motifs is 3. The van der Waals surface area contributed by atoms with Crippen LogP contribution in [0.4, 0.5) is 4.39 Å². The van der Waals surface area contributed by atoms with Crippen LogP contribution in [-0.4, -0.2) is 9.97 Å². The molecule has 0 fully saturated rings. The van der Waals surface area contributed by atoms with Crippen LogP contribution in [0.3, 0.4) is 0 Å². The number of hydrogen-bond donors (Lipinski definition) is 1. The first-order valence-electron chi connectivity index (χ1n) is 9.60. The summed E-state index contributed by atoms with van der Waals surface area (Å²) in [4.78, 5) is 22.5. The fraction of sp³-hybridized carbons (Fsp3) is 0.273. The maximum atomic E-state index is 13.1. The Labute approximate surface area is 165 Å². The minimum atomic E-state index is -0.291. The predicted octanol–water partition coefficient (Wildman–Crippen LogP) is 5.71. The largest absolute Gasteiger partial charge is 0.453 e. The monoisotopic (exact) mass is 394 g/mol. The van der Waals surface area contributed by atoms with Gasteiger partial charge in [-0.3, -0.25) is 4.79 Å². The Morgan fingerprint density at radius 3 is 2.54 bits per heavy atom. The molecule has 142 valence electrons. The van der Waals surface area contributed by atoms with Crippen molar-refractivity contribution >= 4 is 21.6 Å². The molecule has 0 radical (unpaired) electrons. The second-order valence-electron chi connectivity index (χ2n) is 7.18. The number of benzene rings is 1. The van der Waals surface area contributed by atoms with Gasteiger partial charge in [0.15, 0.2) is 11.6 Å². The van der Waals surface area contributed by atoms with Gasteiger partial charge in [-0.2, -0.15) is 0 Å². The van der Waals surface area contributed by atoms with Gasteiger partial charge in [0.2, 0.25) is 0 Å². The fourth-order valence-electron chi connectivity index (χ4n) is 3.87. The molecule has 5 rings (SSSR count). The van der Waals surface area contributed by atoms with Gasteiger partial charge in [-0.25, -0.2) is 9.37 Å². The number of aromatic nitrogens is 2. The van der Waals surface area contributed by atoms with E-state index in [0.717, 1.165) is 35.0 Å². The van der Waals surface area contributed by atoms with Crippen LogP contribution in [0, 0.1) is 5.82 Å². The number of aryl methyl sites for hydroxylation is 2. The van der Waals surface area contributed by atoms with E-state index < -0.39 is 0 Å². The van der Waals surface area contributed by atoms with Crippen molar-refractivity contribution in [3.8, 4) is 22.9 Å². The third kappa shape index (κ3) is 3.07. The number of halogens is 1. The van der Waals surface area contributed by atoms with Gasteiger partial charge in [0.05, 0.1) is 5.39 Å². The normalized spacial score (nSPS) is 14.6. The minimum absolute atomic E-state index is 0.0993. The summed E-state index contributed by atoms with van der Waals surface area (Å²) in [6, 6.07) is 9.70. The molecule has 0 atom stereocenters. The highest BCUT2D eigenvalue weighted by Gasteiger charge is 2.19. The molecule has 0 saturated heterocycles. The topological polar surface area (TPSA) is 58.9 Å². The molecule has 6 heteroatoms. The van der Waals surface area contributed by atoms with Crippen molar-refractivity contribution in [1.29, 1.82) is 0 Å². The van der Waals surface area contributed by atoms with Crippen LogP contribution in [-0.2, 0) is 12.8 Å². The minimum Gasteiger partial charge on any atom is -0.453 e. The van der Waals surface area contributed by atoms with E-state index in [9.17, 15) is 9.18 Å². The highest BCUT2D eigenvalue weighted by atomic mass is 32.1. The van der Waals surface area contributed by atoms with E-state index in [0.29, 0.717) is 17.3 Å². The molecule has 0 amide bonds. The number of thiophene rings is 1. The van der Waals surface area contributed by atoms with E-state index in [2.05, 4.69) is 4.98 Å². The SMILES string of the molecule is O=c1[nH]c(-c2ccc(-c3ccc(F)cc3)o2)nc2sc3c(c12)CCCCCC3. The van der Waals surface area contributed by atoms with E-state index in [1.165, 1.54) is 41.8 Å². The number of rotatable bonds is 2. The zero-order valence-corrected chi connectivity index (χ0v) is 16.1. The van der Waals surface area contributed by atoms with E-state index in [4.69, 9.17) is 9.40 Å². The van der Waals surface area contributed by atoms with Gasteiger partial charge in [-0.05, 0) is 67.6 Å². The average molecular weight is 394 g/mol. The van der Waals surface area contributed by atoms with Gasteiger partial charge < -0.3 is 9.40 Å². The number of nitrogens with zero attached hydrogens (tertiary/aromatic N) is 1. The lowest BCUT2D eigenvalue weighted by Gasteiger charge is -2.08. The van der Waals surface area contributed by atoms with Crippen LogP contribution in [0.1, 0.15) is 36.1 Å². The second-order valence-corrected chi connectivity index (χ2v) is 8.27. The van der Waals surface area contributed by atoms with Gasteiger partial charge in [0, 0.05) is 10.4 Å². The van der Waals surface area contributed by atoms with Crippen LogP contribution in [0.2, 0.25) is 0 Å². The second kappa shape index (κ2) is 7.02. The highest BCUT2D eigenvalue weighted by Crippen LogP contribution is 2.34. The van der Waals surface area contributed by atoms with Crippen LogP contribution < -0.4 is 5.56 Å². The van der Waals surface area contributed by atoms with Crippen molar-refractivity contribution in [3.63, 3.8) is 0 Å². The molecule has 1 N–H and O–H groups in total. The molecule has 0 saturated carbocycles. The number of H-pyrrole nitrogens is 1. The first kappa shape index (κ1) is 17.4. The number of hydrogen-bond acceptors (Lipinski definition) is 4. The van der Waals surface area contributed by atoms with E-state index >= 15 is 0 Å². The Balaban J connectivity index is 1.57. The Kier molecular flexibility index (Phi) is 4.36. The Hall–Kier alpha value is -2.73. The number of nitrogens with one attached hydrogen (secondary N) is 1. The van der Waals surface area contributed by atoms with E-state index in [1.807, 2.05) is 0 Å². The summed E-state index contributed by atoms with van der Waals surface area (Å²) in [5.74, 6) is 1.25. The quantitative estimate of drug-likeness (QED) is 0.474. The lowest BCUT2D eigenvalue weighted by atomic mass is 9.98. The van der Waals surface area contributed by atoms with Gasteiger partial charge >= 0.3 is 0 Å².